The van der Waals surface area contributed by atoms with Crippen molar-refractivity contribution in [1.82, 2.24) is 20.5 Å². The fourth-order valence-corrected chi connectivity index (χ4v) is 5.75. The van der Waals surface area contributed by atoms with E-state index in [-0.39, 0.29) is 44.0 Å². The molecule has 3 amide bonds. The molecule has 0 unspecified atom stereocenters. The van der Waals surface area contributed by atoms with E-state index >= 15 is 0 Å². The second-order valence-electron chi connectivity index (χ2n) is 11.5. The molecule has 0 aliphatic carbocycles. The molecular weight excluding hydrogens is 607 g/mol. The van der Waals surface area contributed by atoms with E-state index in [2.05, 4.69) is 15.6 Å². The molecule has 2 aliphatic heterocycles. The van der Waals surface area contributed by atoms with E-state index < -0.39 is 41.2 Å². The van der Waals surface area contributed by atoms with Gasteiger partial charge >= 0.3 is 0 Å². The number of ether oxygens (including phenoxy) is 3. The third-order valence-corrected chi connectivity index (χ3v) is 8.12. The number of benzene rings is 3. The highest BCUT2D eigenvalue weighted by Gasteiger charge is 2.35. The number of hydrogen-bond acceptors (Lipinski definition) is 7. The second-order valence-corrected chi connectivity index (χ2v) is 11.5. The van der Waals surface area contributed by atoms with Crippen molar-refractivity contribution in [1.29, 1.82) is 0 Å². The van der Waals surface area contributed by atoms with Crippen molar-refractivity contribution < 1.29 is 33.0 Å². The minimum absolute atomic E-state index is 0.0137. The van der Waals surface area contributed by atoms with E-state index in [1.54, 1.807) is 55.5 Å². The van der Waals surface area contributed by atoms with Crippen LogP contribution >= 0.6 is 0 Å². The number of likely N-dealkylation sites (tertiary alicyclic amines) is 1. The number of hydrogen-bond donors (Lipinski definition) is 3. The van der Waals surface area contributed by atoms with Crippen LogP contribution in [0.3, 0.4) is 0 Å². The van der Waals surface area contributed by atoms with E-state index in [0.29, 0.717) is 39.4 Å². The lowest BCUT2D eigenvalue weighted by molar-refractivity contribution is -0.123. The minimum Gasteiger partial charge on any atom is -0.496 e. The zero-order valence-electron chi connectivity index (χ0n) is 25.8. The number of pyridine rings is 1. The van der Waals surface area contributed by atoms with Crippen molar-refractivity contribution in [3.63, 3.8) is 0 Å². The number of halogens is 1. The van der Waals surface area contributed by atoms with Crippen LogP contribution in [0, 0.1) is 12.7 Å². The fourth-order valence-electron chi connectivity index (χ4n) is 5.75. The monoisotopic (exact) mass is 640 g/mol. The SMILES string of the molecule is COc1ccc2cc1-c1cccc(c1)OCC(=O)NCc1cc(F)cc(c1)O[C@@H]1CCN(C(=O)c3ccc(C)[nH]c3=O)C[C@H]1NC2=O. The number of aryl methyl sites for hydroxylation is 1. The van der Waals surface area contributed by atoms with E-state index in [4.69, 9.17) is 14.2 Å². The Labute approximate surface area is 269 Å². The van der Waals surface area contributed by atoms with Crippen molar-refractivity contribution in [2.75, 3.05) is 26.8 Å². The highest BCUT2D eigenvalue weighted by Crippen LogP contribution is 2.33. The molecule has 11 nitrogen and oxygen atoms in total. The Morgan fingerprint density at radius 1 is 0.979 bits per heavy atom. The van der Waals surface area contributed by atoms with Gasteiger partial charge in [-0.25, -0.2) is 4.39 Å². The van der Waals surface area contributed by atoms with Gasteiger partial charge in [0.15, 0.2) is 6.61 Å². The van der Waals surface area contributed by atoms with Gasteiger partial charge in [0.25, 0.3) is 23.3 Å². The van der Waals surface area contributed by atoms with Gasteiger partial charge in [-0.2, -0.15) is 0 Å². The number of amides is 3. The summed E-state index contributed by atoms with van der Waals surface area (Å²) in [6.07, 6.45) is -0.380. The number of H-pyrrole nitrogens is 1. The molecule has 242 valence electrons. The number of piperidine rings is 1. The van der Waals surface area contributed by atoms with Crippen LogP contribution in [0.4, 0.5) is 4.39 Å². The van der Waals surface area contributed by atoms with Gasteiger partial charge in [0.05, 0.1) is 13.2 Å². The molecular formula is C35H33FN4O7. The number of carbonyl (C=O) groups excluding carboxylic acids is 3. The van der Waals surface area contributed by atoms with Crippen molar-refractivity contribution in [3.8, 4) is 28.4 Å². The summed E-state index contributed by atoms with van der Waals surface area (Å²) in [5.41, 5.74) is 2.19. The third-order valence-electron chi connectivity index (χ3n) is 8.12. The summed E-state index contributed by atoms with van der Waals surface area (Å²) in [4.78, 5) is 56.6. The molecule has 1 aromatic heterocycles. The molecule has 47 heavy (non-hydrogen) atoms. The van der Waals surface area contributed by atoms with Crippen molar-refractivity contribution in [2.24, 2.45) is 0 Å². The molecule has 2 aliphatic rings. The Morgan fingerprint density at radius 2 is 1.83 bits per heavy atom. The molecule has 6 bridgehead atoms. The minimum atomic E-state index is -0.736. The van der Waals surface area contributed by atoms with Crippen LogP contribution < -0.4 is 30.4 Å². The van der Waals surface area contributed by atoms with Crippen LogP contribution in [0.15, 0.2) is 77.6 Å². The summed E-state index contributed by atoms with van der Waals surface area (Å²) in [6, 6.07) is 18.5. The van der Waals surface area contributed by atoms with Gasteiger partial charge in [-0.1, -0.05) is 12.1 Å². The highest BCUT2D eigenvalue weighted by atomic mass is 19.1. The van der Waals surface area contributed by atoms with Gasteiger partial charge in [-0.15, -0.1) is 0 Å². The molecule has 3 N–H and O–H groups in total. The van der Waals surface area contributed by atoms with Crippen molar-refractivity contribution in [2.45, 2.75) is 32.0 Å². The summed E-state index contributed by atoms with van der Waals surface area (Å²) in [7, 11) is 1.52. The Balaban J connectivity index is 1.37. The summed E-state index contributed by atoms with van der Waals surface area (Å²) in [5, 5.41) is 5.75. The van der Waals surface area contributed by atoms with E-state index in [1.807, 2.05) is 6.07 Å². The molecule has 3 heterocycles. The lowest BCUT2D eigenvalue weighted by atomic mass is 9.98. The van der Waals surface area contributed by atoms with Gasteiger partial charge < -0.3 is 34.7 Å². The summed E-state index contributed by atoms with van der Waals surface area (Å²) < 4.78 is 32.3. The molecule has 2 atom stereocenters. The first-order chi connectivity index (χ1) is 22.7. The number of aromatic nitrogens is 1. The van der Waals surface area contributed by atoms with E-state index in [0.717, 1.165) is 0 Å². The number of aromatic amines is 1. The molecule has 3 aromatic carbocycles. The Hall–Kier alpha value is -5.65. The third kappa shape index (κ3) is 7.11. The zero-order valence-corrected chi connectivity index (χ0v) is 25.8. The number of carbonyl (C=O) groups is 3. The predicted octanol–water partition coefficient (Wildman–Crippen LogP) is 3.60. The average Bonchev–Trinajstić information content (AvgIpc) is 3.06. The molecule has 6 rings (SSSR count). The Kier molecular flexibility index (Phi) is 8.92. The van der Waals surface area contributed by atoms with Crippen LogP contribution in [-0.2, 0) is 11.3 Å². The van der Waals surface area contributed by atoms with E-state index in [9.17, 15) is 23.6 Å². The molecule has 1 saturated heterocycles. The van der Waals surface area contributed by atoms with Crippen LogP contribution in [0.25, 0.3) is 11.1 Å². The Morgan fingerprint density at radius 3 is 2.64 bits per heavy atom. The summed E-state index contributed by atoms with van der Waals surface area (Å²) in [6.45, 7) is 1.73. The topological polar surface area (TPSA) is 139 Å². The smallest absolute Gasteiger partial charge is 0.260 e. The first-order valence-corrected chi connectivity index (χ1v) is 15.1. The summed E-state index contributed by atoms with van der Waals surface area (Å²) in [5.74, 6) is -0.742. The van der Waals surface area contributed by atoms with Gasteiger partial charge in [0.2, 0.25) is 0 Å². The van der Waals surface area contributed by atoms with E-state index in [1.165, 1.54) is 30.2 Å². The molecule has 4 aromatic rings. The van der Waals surface area contributed by atoms with Gasteiger partial charge in [0, 0.05) is 48.9 Å². The van der Waals surface area contributed by atoms with Gasteiger partial charge in [-0.3, -0.25) is 19.2 Å². The largest absolute Gasteiger partial charge is 0.496 e. The molecule has 0 spiro atoms. The first kappa shape index (κ1) is 31.3. The highest BCUT2D eigenvalue weighted by molar-refractivity contribution is 5.97. The van der Waals surface area contributed by atoms with Crippen LogP contribution in [-0.4, -0.2) is 66.6 Å². The molecule has 1 fully saturated rings. The number of fused-ring (bicyclic) bond motifs is 8. The second kappa shape index (κ2) is 13.4. The molecule has 12 heteroatoms. The fraction of sp³-hybridized carbons (Fsp3) is 0.257. The lowest BCUT2D eigenvalue weighted by Crippen LogP contribution is -2.58. The van der Waals surface area contributed by atoms with Gasteiger partial charge in [-0.05, 0) is 72.6 Å². The van der Waals surface area contributed by atoms with Crippen LogP contribution in [0.2, 0.25) is 0 Å². The Bertz CT molecular complexity index is 1910. The average molecular weight is 641 g/mol. The number of nitrogens with zero attached hydrogens (tertiary/aromatic N) is 1. The number of rotatable bonds is 2. The first-order valence-electron chi connectivity index (χ1n) is 15.1. The number of nitrogens with one attached hydrogen (secondary N) is 3. The predicted molar refractivity (Wildman–Crippen MR) is 170 cm³/mol. The zero-order chi connectivity index (χ0) is 33.1. The van der Waals surface area contributed by atoms with Gasteiger partial charge in [0.1, 0.15) is 34.7 Å². The maximum Gasteiger partial charge on any atom is 0.260 e. The van der Waals surface area contributed by atoms with Crippen molar-refractivity contribution in [3.05, 3.63) is 111 Å². The summed E-state index contributed by atoms with van der Waals surface area (Å²) >= 11 is 0. The normalized spacial score (nSPS) is 18.1. The quantitative estimate of drug-likeness (QED) is 0.304. The standard InChI is InChI=1S/C35H33FN4O7/c1-20-6-8-27(34(43)38-20)35(44)40-11-10-31-29(18-40)39-33(42)23-7-9-30(45-2)28(15-23)22-4-3-5-25(14-22)46-19-32(41)37-17-21-12-24(36)16-26(13-21)47-31/h3-9,12-16,29,31H,10-11,17-19H2,1-2H3,(H,37,41)(H,38,43)(H,39,42)/t29-,31-/m1/s1. The molecule has 0 radical (unpaired) electrons. The maximum atomic E-state index is 14.7. The molecule has 0 saturated carbocycles. The number of methoxy groups -OCH3 is 1. The van der Waals surface area contributed by atoms with Crippen molar-refractivity contribution >= 4 is 17.7 Å². The van der Waals surface area contributed by atoms with Crippen LogP contribution in [0.1, 0.15) is 38.4 Å². The van der Waals surface area contributed by atoms with Crippen LogP contribution in [0.5, 0.6) is 17.2 Å². The lowest BCUT2D eigenvalue weighted by Gasteiger charge is -2.39. The maximum absolute atomic E-state index is 14.7.